The first-order valence-electron chi connectivity index (χ1n) is 8.90. The Morgan fingerprint density at radius 2 is 1.90 bits per heavy atom. The molecule has 148 valence electrons. The van der Waals surface area contributed by atoms with Crippen LogP contribution in [-0.2, 0) is 4.79 Å². The van der Waals surface area contributed by atoms with E-state index in [1.165, 1.54) is 6.26 Å². The van der Waals surface area contributed by atoms with Crippen molar-refractivity contribution in [3.8, 4) is 17.2 Å². The van der Waals surface area contributed by atoms with E-state index in [0.29, 0.717) is 23.3 Å². The fourth-order valence-corrected chi connectivity index (χ4v) is 7.34. The number of carbonyl (C=O) groups excluding carboxylic acids is 1. The Morgan fingerprint density at radius 3 is 2.55 bits per heavy atom. The van der Waals surface area contributed by atoms with E-state index in [1.807, 2.05) is 61.5 Å². The number of benzene rings is 2. The number of para-hydroxylation sites is 1. The molecule has 2 aromatic carbocycles. The van der Waals surface area contributed by atoms with Gasteiger partial charge in [0.05, 0.1) is 11.5 Å². The maximum atomic E-state index is 12.8. The molecule has 29 heavy (non-hydrogen) atoms. The Kier molecular flexibility index (Phi) is 4.99. The van der Waals surface area contributed by atoms with E-state index in [2.05, 4.69) is 6.58 Å². The summed E-state index contributed by atoms with van der Waals surface area (Å²) in [7, 11) is -2.46. The van der Waals surface area contributed by atoms with Crippen LogP contribution in [0, 0.1) is 0 Å². The number of carbonyl (C=O) groups is 1. The minimum Gasteiger partial charge on any atom is -0.493 e. The highest BCUT2D eigenvalue weighted by Gasteiger charge is 2.52. The lowest BCUT2D eigenvalue weighted by atomic mass is 10.2. The number of thiocarbonyl (C=S) groups is 1. The molecular weight excluding hydrogens is 406 g/mol. The second-order valence-electron chi connectivity index (χ2n) is 6.21. The summed E-state index contributed by atoms with van der Waals surface area (Å²) in [6.45, 7) is 6.42. The zero-order chi connectivity index (χ0) is 20.6. The van der Waals surface area contributed by atoms with Crippen molar-refractivity contribution < 1.29 is 13.9 Å². The third kappa shape index (κ3) is 2.88. The molecule has 0 bridgehead atoms. The molecule has 2 N–H and O–H groups in total. The first-order chi connectivity index (χ1) is 14.0. The molecule has 1 saturated heterocycles. The highest BCUT2D eigenvalue weighted by atomic mass is 32.3. The lowest BCUT2D eigenvalue weighted by Crippen LogP contribution is -2.35. The van der Waals surface area contributed by atoms with Crippen molar-refractivity contribution in [3.63, 3.8) is 0 Å². The van der Waals surface area contributed by atoms with Crippen LogP contribution in [0.3, 0.4) is 0 Å². The van der Waals surface area contributed by atoms with E-state index in [1.54, 1.807) is 0 Å². The number of oxazole rings is 1. The zero-order valence-corrected chi connectivity index (χ0v) is 17.3. The predicted molar refractivity (Wildman–Crippen MR) is 116 cm³/mol. The lowest BCUT2D eigenvalue weighted by Gasteiger charge is -2.34. The highest BCUT2D eigenvalue weighted by Crippen LogP contribution is 2.73. The van der Waals surface area contributed by atoms with Crippen molar-refractivity contribution in [1.29, 1.82) is 0 Å². The van der Waals surface area contributed by atoms with Gasteiger partial charge in [0, 0.05) is 10.5 Å². The average Bonchev–Trinajstić information content (AvgIpc) is 3.30. The normalized spacial score (nSPS) is 21.3. The summed E-state index contributed by atoms with van der Waals surface area (Å²) in [6, 6.07) is 17.0. The topological polar surface area (TPSA) is 81.6 Å². The average molecular weight is 426 g/mol. The Labute approximate surface area is 175 Å². The van der Waals surface area contributed by atoms with Gasteiger partial charge in [0.25, 0.3) is 5.91 Å². The van der Waals surface area contributed by atoms with Crippen molar-refractivity contribution in [2.24, 2.45) is 5.84 Å². The number of hydrogen-bond acceptors (Lipinski definition) is 6. The van der Waals surface area contributed by atoms with Crippen LogP contribution in [0.15, 0.2) is 86.7 Å². The van der Waals surface area contributed by atoms with Crippen LogP contribution >= 0.6 is 22.2 Å². The largest absolute Gasteiger partial charge is 0.493 e. The van der Waals surface area contributed by atoms with Gasteiger partial charge in [-0.15, -0.1) is 0 Å². The molecule has 1 aromatic heterocycles. The molecular formula is C21H19N3O3S2. The van der Waals surface area contributed by atoms with Crippen LogP contribution < -0.4 is 10.6 Å². The fourth-order valence-electron chi connectivity index (χ4n) is 3.25. The van der Waals surface area contributed by atoms with Crippen LogP contribution in [0.25, 0.3) is 11.5 Å². The van der Waals surface area contributed by atoms with Crippen molar-refractivity contribution in [3.05, 3.63) is 72.3 Å². The van der Waals surface area contributed by atoms with Gasteiger partial charge < -0.3 is 9.15 Å². The number of hydrogen-bond donors (Lipinski definition) is 1. The number of hydrazine groups is 1. The van der Waals surface area contributed by atoms with Gasteiger partial charge in [-0.1, -0.05) is 59.2 Å². The highest BCUT2D eigenvalue weighted by molar-refractivity contribution is 8.53. The SMILES string of the molecule is C=C1C(=O)N(N)C(=S)S1(c1coc(-c2ccccc2)n1)c1ccccc1OCC. The van der Waals surface area contributed by atoms with Crippen LogP contribution in [0.5, 0.6) is 5.75 Å². The van der Waals surface area contributed by atoms with Gasteiger partial charge in [-0.2, -0.15) is 0 Å². The summed E-state index contributed by atoms with van der Waals surface area (Å²) < 4.78 is 11.9. The van der Waals surface area contributed by atoms with Crippen LogP contribution in [0.4, 0.5) is 0 Å². The first-order valence-corrected chi connectivity index (χ1v) is 10.9. The fraction of sp³-hybridized carbons (Fsp3) is 0.0952. The molecule has 1 aliphatic rings. The molecule has 0 radical (unpaired) electrons. The maximum Gasteiger partial charge on any atom is 0.279 e. The van der Waals surface area contributed by atoms with E-state index >= 15 is 0 Å². The Hall–Kier alpha value is -2.94. The number of aromatic nitrogens is 1. The Balaban J connectivity index is 1.97. The summed E-state index contributed by atoms with van der Waals surface area (Å²) in [6.07, 6.45) is 1.53. The molecule has 1 fully saturated rings. The van der Waals surface area contributed by atoms with E-state index in [0.717, 1.165) is 15.5 Å². The van der Waals surface area contributed by atoms with Gasteiger partial charge >= 0.3 is 0 Å². The number of nitrogens with zero attached hydrogens (tertiary/aromatic N) is 2. The number of amides is 1. The van der Waals surface area contributed by atoms with Crippen molar-refractivity contribution in [2.75, 3.05) is 6.61 Å². The van der Waals surface area contributed by atoms with Crippen molar-refractivity contribution in [1.82, 2.24) is 9.99 Å². The molecule has 4 rings (SSSR count). The van der Waals surface area contributed by atoms with E-state index in [-0.39, 0.29) is 9.23 Å². The van der Waals surface area contributed by atoms with Gasteiger partial charge in [0.15, 0.2) is 4.32 Å². The standard InChI is InChI=1S/C21H19N3O3S2/c1-3-26-16-11-7-8-12-17(16)29(14(2)20(25)24(22)21(29)28)18-13-27-19(23-18)15-9-5-4-6-10-15/h4-13H,2-3,22H2,1H3. The summed E-state index contributed by atoms with van der Waals surface area (Å²) in [5.41, 5.74) is 0.817. The van der Waals surface area contributed by atoms with Crippen LogP contribution in [-0.4, -0.2) is 26.8 Å². The van der Waals surface area contributed by atoms with Gasteiger partial charge in [-0.05, 0) is 31.2 Å². The molecule has 1 amide bonds. The summed E-state index contributed by atoms with van der Waals surface area (Å²) in [4.78, 5) is 18.5. The predicted octanol–water partition coefficient (Wildman–Crippen LogP) is 4.48. The van der Waals surface area contributed by atoms with E-state index in [4.69, 9.17) is 32.2 Å². The molecule has 1 aliphatic heterocycles. The van der Waals surface area contributed by atoms with Crippen LogP contribution in [0.1, 0.15) is 6.92 Å². The molecule has 0 saturated carbocycles. The maximum absolute atomic E-state index is 12.8. The molecule has 8 heteroatoms. The summed E-state index contributed by atoms with van der Waals surface area (Å²) in [5, 5.41) is 1.49. The Morgan fingerprint density at radius 1 is 1.21 bits per heavy atom. The molecule has 6 nitrogen and oxygen atoms in total. The zero-order valence-electron chi connectivity index (χ0n) is 15.7. The smallest absolute Gasteiger partial charge is 0.279 e. The second kappa shape index (κ2) is 7.47. The molecule has 2 heterocycles. The van der Waals surface area contributed by atoms with Crippen molar-refractivity contribution >= 4 is 32.5 Å². The van der Waals surface area contributed by atoms with E-state index < -0.39 is 15.9 Å². The summed E-state index contributed by atoms with van der Waals surface area (Å²) >= 11 is 5.68. The summed E-state index contributed by atoms with van der Waals surface area (Å²) in [5.74, 6) is 6.62. The molecule has 3 aromatic rings. The molecule has 1 atom stereocenters. The van der Waals surface area contributed by atoms with Gasteiger partial charge in [-0.25, -0.2) is 15.8 Å². The molecule has 0 spiro atoms. The number of rotatable bonds is 5. The second-order valence-corrected chi connectivity index (χ2v) is 9.82. The number of ether oxygens (including phenoxy) is 1. The molecule has 0 aliphatic carbocycles. The first kappa shape index (κ1) is 19.4. The van der Waals surface area contributed by atoms with E-state index in [9.17, 15) is 4.79 Å². The van der Waals surface area contributed by atoms with Crippen molar-refractivity contribution in [2.45, 2.75) is 16.8 Å². The van der Waals surface area contributed by atoms with Gasteiger partial charge in [-0.3, -0.25) is 4.79 Å². The monoisotopic (exact) mass is 425 g/mol. The molecule has 1 unspecified atom stereocenters. The van der Waals surface area contributed by atoms with Gasteiger partial charge in [0.1, 0.15) is 17.0 Å². The third-order valence-electron chi connectivity index (χ3n) is 4.58. The van der Waals surface area contributed by atoms with Gasteiger partial charge in [0.2, 0.25) is 5.89 Å². The quantitative estimate of drug-likeness (QED) is 0.281. The minimum absolute atomic E-state index is 0.257. The van der Waals surface area contributed by atoms with Crippen LogP contribution in [0.2, 0.25) is 0 Å². The minimum atomic E-state index is -2.46. The number of nitrogens with two attached hydrogens (primary N) is 1. The third-order valence-corrected chi connectivity index (χ3v) is 8.97. The lowest BCUT2D eigenvalue weighted by molar-refractivity contribution is -0.122. The Bertz CT molecular complexity index is 1110.